The Morgan fingerprint density at radius 1 is 1.35 bits per heavy atom. The molecular formula is C15H20N2O3. The average Bonchev–Trinajstić information content (AvgIpc) is 2.41. The van der Waals surface area contributed by atoms with E-state index in [1.807, 2.05) is 0 Å². The third kappa shape index (κ3) is 3.35. The van der Waals surface area contributed by atoms with Gasteiger partial charge in [-0.15, -0.1) is 0 Å². The van der Waals surface area contributed by atoms with Crippen molar-refractivity contribution in [3.8, 4) is 0 Å². The number of carbonyl (C=O) groups is 1. The number of nitro benzene ring substituents is 1. The van der Waals surface area contributed by atoms with E-state index < -0.39 is 4.92 Å². The predicted octanol–water partition coefficient (Wildman–Crippen LogP) is 3.79. The maximum Gasteiger partial charge on any atom is 0.293 e. The van der Waals surface area contributed by atoms with Crippen LogP contribution >= 0.6 is 0 Å². The van der Waals surface area contributed by atoms with Gasteiger partial charge in [0, 0.05) is 17.7 Å². The van der Waals surface area contributed by atoms with Crippen molar-refractivity contribution in [2.75, 3.05) is 5.32 Å². The molecule has 1 aliphatic carbocycles. The topological polar surface area (TPSA) is 72.2 Å². The SMILES string of the molecule is CC1(C)CCC(Nc2ccc(C=O)cc2[N+](=O)[O-])CC1. The first-order valence-corrected chi connectivity index (χ1v) is 6.91. The van der Waals surface area contributed by atoms with Crippen molar-refractivity contribution in [3.63, 3.8) is 0 Å². The van der Waals surface area contributed by atoms with Gasteiger partial charge in [0.25, 0.3) is 5.69 Å². The summed E-state index contributed by atoms with van der Waals surface area (Å²) >= 11 is 0. The molecule has 0 aliphatic heterocycles. The second-order valence-electron chi connectivity index (χ2n) is 6.23. The van der Waals surface area contributed by atoms with E-state index in [4.69, 9.17) is 0 Å². The molecule has 20 heavy (non-hydrogen) atoms. The number of nitrogens with one attached hydrogen (secondary N) is 1. The van der Waals surface area contributed by atoms with Gasteiger partial charge in [0.2, 0.25) is 0 Å². The Balaban J connectivity index is 2.13. The van der Waals surface area contributed by atoms with Gasteiger partial charge >= 0.3 is 0 Å². The third-order valence-electron chi connectivity index (χ3n) is 4.05. The van der Waals surface area contributed by atoms with E-state index in [-0.39, 0.29) is 11.7 Å². The summed E-state index contributed by atoms with van der Waals surface area (Å²) in [6.07, 6.45) is 4.88. The maximum absolute atomic E-state index is 11.1. The summed E-state index contributed by atoms with van der Waals surface area (Å²) in [7, 11) is 0. The number of hydrogen-bond donors (Lipinski definition) is 1. The van der Waals surface area contributed by atoms with Crippen molar-refractivity contribution in [3.05, 3.63) is 33.9 Å². The van der Waals surface area contributed by atoms with E-state index in [9.17, 15) is 14.9 Å². The van der Waals surface area contributed by atoms with E-state index in [2.05, 4.69) is 19.2 Å². The average molecular weight is 276 g/mol. The Bertz CT molecular complexity index is 516. The molecule has 0 spiro atoms. The molecule has 5 nitrogen and oxygen atoms in total. The van der Waals surface area contributed by atoms with Crippen LogP contribution in [-0.2, 0) is 0 Å². The molecular weight excluding hydrogens is 256 g/mol. The summed E-state index contributed by atoms with van der Waals surface area (Å²) in [6, 6.07) is 4.82. The fourth-order valence-electron chi connectivity index (χ4n) is 2.66. The van der Waals surface area contributed by atoms with E-state index in [0.717, 1.165) is 25.7 Å². The lowest BCUT2D eigenvalue weighted by molar-refractivity contribution is -0.384. The van der Waals surface area contributed by atoms with Crippen molar-refractivity contribution in [1.82, 2.24) is 0 Å². The zero-order chi connectivity index (χ0) is 14.8. The van der Waals surface area contributed by atoms with Crippen LogP contribution in [0.5, 0.6) is 0 Å². The first kappa shape index (κ1) is 14.5. The number of nitrogens with zero attached hydrogens (tertiary/aromatic N) is 1. The summed E-state index contributed by atoms with van der Waals surface area (Å²) in [5, 5.41) is 14.3. The van der Waals surface area contributed by atoms with Crippen LogP contribution in [0.1, 0.15) is 49.9 Å². The van der Waals surface area contributed by atoms with Crippen molar-refractivity contribution in [1.29, 1.82) is 0 Å². The van der Waals surface area contributed by atoms with E-state index in [1.165, 1.54) is 6.07 Å². The highest BCUT2D eigenvalue weighted by molar-refractivity contribution is 5.79. The van der Waals surface area contributed by atoms with Crippen LogP contribution in [-0.4, -0.2) is 17.3 Å². The number of hydrogen-bond acceptors (Lipinski definition) is 4. The van der Waals surface area contributed by atoms with Crippen LogP contribution < -0.4 is 5.32 Å². The maximum atomic E-state index is 11.1. The minimum Gasteiger partial charge on any atom is -0.377 e. The Morgan fingerprint density at radius 3 is 2.55 bits per heavy atom. The van der Waals surface area contributed by atoms with Crippen molar-refractivity contribution in [2.45, 2.75) is 45.6 Å². The van der Waals surface area contributed by atoms with Crippen LogP contribution in [0.25, 0.3) is 0 Å². The Kier molecular flexibility index (Phi) is 4.06. The first-order chi connectivity index (χ1) is 9.41. The zero-order valence-corrected chi connectivity index (χ0v) is 11.9. The standard InChI is InChI=1S/C15H20N2O3/c1-15(2)7-5-12(6-8-15)16-13-4-3-11(10-18)9-14(13)17(19)20/h3-4,9-10,12,16H,5-8H2,1-2H3. The second kappa shape index (κ2) is 5.61. The summed E-state index contributed by atoms with van der Waals surface area (Å²) < 4.78 is 0. The molecule has 1 aromatic rings. The van der Waals surface area contributed by atoms with Gasteiger partial charge in [-0.25, -0.2) is 0 Å². The summed E-state index contributed by atoms with van der Waals surface area (Å²) in [6.45, 7) is 4.51. The van der Waals surface area contributed by atoms with Gasteiger partial charge in [0.05, 0.1) is 4.92 Å². The minimum absolute atomic E-state index is 0.0283. The molecule has 5 heteroatoms. The summed E-state index contributed by atoms with van der Waals surface area (Å²) in [5.41, 5.74) is 1.17. The molecule has 108 valence electrons. The first-order valence-electron chi connectivity index (χ1n) is 6.91. The second-order valence-corrected chi connectivity index (χ2v) is 6.23. The lowest BCUT2D eigenvalue weighted by atomic mass is 9.75. The number of anilines is 1. The normalized spacial score (nSPS) is 18.5. The molecule has 0 amide bonds. The quantitative estimate of drug-likeness (QED) is 0.516. The molecule has 0 saturated heterocycles. The molecule has 1 N–H and O–H groups in total. The smallest absolute Gasteiger partial charge is 0.293 e. The Hall–Kier alpha value is -1.91. The number of carbonyl (C=O) groups excluding carboxylic acids is 1. The minimum atomic E-state index is -0.442. The molecule has 1 aromatic carbocycles. The van der Waals surface area contributed by atoms with Gasteiger partial charge in [-0.3, -0.25) is 14.9 Å². The number of aldehydes is 1. The van der Waals surface area contributed by atoms with Crippen molar-refractivity contribution in [2.24, 2.45) is 5.41 Å². The van der Waals surface area contributed by atoms with Crippen molar-refractivity contribution >= 4 is 17.7 Å². The van der Waals surface area contributed by atoms with E-state index in [1.54, 1.807) is 12.1 Å². The predicted molar refractivity (Wildman–Crippen MR) is 78.1 cm³/mol. The molecule has 0 radical (unpaired) electrons. The van der Waals surface area contributed by atoms with Crippen molar-refractivity contribution < 1.29 is 9.72 Å². The highest BCUT2D eigenvalue weighted by Crippen LogP contribution is 2.37. The number of benzene rings is 1. The summed E-state index contributed by atoms with van der Waals surface area (Å²) in [4.78, 5) is 21.4. The highest BCUT2D eigenvalue weighted by atomic mass is 16.6. The Labute approximate surface area is 118 Å². The summed E-state index contributed by atoms with van der Waals surface area (Å²) in [5.74, 6) is 0. The molecule has 1 fully saturated rings. The highest BCUT2D eigenvalue weighted by Gasteiger charge is 2.27. The van der Waals surface area contributed by atoms with Gasteiger partial charge in [-0.1, -0.05) is 13.8 Å². The zero-order valence-electron chi connectivity index (χ0n) is 11.9. The third-order valence-corrected chi connectivity index (χ3v) is 4.05. The molecule has 1 saturated carbocycles. The van der Waals surface area contributed by atoms with Crippen LogP contribution in [0.3, 0.4) is 0 Å². The molecule has 0 unspecified atom stereocenters. The lowest BCUT2D eigenvalue weighted by Gasteiger charge is -2.35. The largest absolute Gasteiger partial charge is 0.377 e. The van der Waals surface area contributed by atoms with Gasteiger partial charge in [-0.05, 0) is 43.2 Å². The van der Waals surface area contributed by atoms with Gasteiger partial charge in [0.1, 0.15) is 12.0 Å². The monoisotopic (exact) mass is 276 g/mol. The molecule has 0 aromatic heterocycles. The molecule has 0 atom stereocenters. The van der Waals surface area contributed by atoms with Crippen LogP contribution in [0.2, 0.25) is 0 Å². The van der Waals surface area contributed by atoms with Gasteiger partial charge in [-0.2, -0.15) is 0 Å². The molecule has 2 rings (SSSR count). The Morgan fingerprint density at radius 2 is 2.00 bits per heavy atom. The van der Waals surface area contributed by atoms with Gasteiger partial charge < -0.3 is 5.32 Å². The molecule has 1 aliphatic rings. The fourth-order valence-corrected chi connectivity index (χ4v) is 2.66. The van der Waals surface area contributed by atoms with E-state index >= 15 is 0 Å². The lowest BCUT2D eigenvalue weighted by Crippen LogP contribution is -2.30. The van der Waals surface area contributed by atoms with Crippen LogP contribution in [0.15, 0.2) is 18.2 Å². The van der Waals surface area contributed by atoms with Gasteiger partial charge in [0.15, 0.2) is 0 Å². The number of rotatable bonds is 4. The fraction of sp³-hybridized carbons (Fsp3) is 0.533. The van der Waals surface area contributed by atoms with Crippen LogP contribution in [0.4, 0.5) is 11.4 Å². The molecule has 0 bridgehead atoms. The van der Waals surface area contributed by atoms with Crippen LogP contribution in [0, 0.1) is 15.5 Å². The molecule has 0 heterocycles. The number of nitro groups is 1. The van der Waals surface area contributed by atoms with E-state index in [0.29, 0.717) is 23.0 Å².